The minimum absolute atomic E-state index is 0.0458. The van der Waals surface area contributed by atoms with Crippen LogP contribution in [0.5, 0.6) is 0 Å². The monoisotopic (exact) mass is 238 g/mol. The Morgan fingerprint density at radius 1 is 1.53 bits per heavy atom. The highest BCUT2D eigenvalue weighted by Crippen LogP contribution is 2.38. The molecule has 1 amide bonds. The van der Waals surface area contributed by atoms with Gasteiger partial charge in [0.2, 0.25) is 5.91 Å². The summed E-state index contributed by atoms with van der Waals surface area (Å²) in [6.07, 6.45) is 4.49. The van der Waals surface area contributed by atoms with E-state index in [9.17, 15) is 10.1 Å². The molecule has 0 radical (unpaired) electrons. The lowest BCUT2D eigenvalue weighted by Crippen LogP contribution is -2.51. The minimum atomic E-state index is -0.827. The van der Waals surface area contributed by atoms with Crippen LogP contribution in [-0.2, 0) is 4.79 Å². The summed E-state index contributed by atoms with van der Waals surface area (Å²) in [4.78, 5) is 12.2. The lowest BCUT2D eigenvalue weighted by atomic mass is 9.84. The van der Waals surface area contributed by atoms with Gasteiger partial charge in [-0.15, -0.1) is 0 Å². The molecule has 0 saturated heterocycles. The fourth-order valence-corrected chi connectivity index (χ4v) is 2.34. The van der Waals surface area contributed by atoms with Crippen molar-refractivity contribution in [2.45, 2.75) is 57.9 Å². The van der Waals surface area contributed by atoms with Gasteiger partial charge in [0.1, 0.15) is 5.41 Å². The Hall–Kier alpha value is -1.08. The lowest BCUT2D eigenvalue weighted by molar-refractivity contribution is -0.130. The quantitative estimate of drug-likeness (QED) is 0.766. The first-order valence-corrected chi connectivity index (χ1v) is 6.37. The average Bonchev–Trinajstić information content (AvgIpc) is 2.79. The van der Waals surface area contributed by atoms with Gasteiger partial charge in [0, 0.05) is 12.1 Å². The van der Waals surface area contributed by atoms with Crippen molar-refractivity contribution in [3.8, 4) is 6.07 Å². The van der Waals surface area contributed by atoms with Crippen LogP contribution in [0.15, 0.2) is 0 Å². The van der Waals surface area contributed by atoms with Gasteiger partial charge >= 0.3 is 0 Å². The number of nitrogens with zero attached hydrogens (tertiary/aromatic N) is 1. The van der Waals surface area contributed by atoms with Gasteiger partial charge in [-0.05, 0) is 32.6 Å². The number of carbonyl (C=O) groups is 1. The number of hydrogen-bond acceptors (Lipinski definition) is 3. The summed E-state index contributed by atoms with van der Waals surface area (Å²) in [5.41, 5.74) is -1.23. The molecule has 1 unspecified atom stereocenters. The Morgan fingerprint density at radius 3 is 2.53 bits per heavy atom. The molecule has 1 saturated carbocycles. The van der Waals surface area contributed by atoms with Crippen LogP contribution in [0.2, 0.25) is 0 Å². The number of aliphatic hydroxyl groups excluding tert-OH is 1. The third-order valence-corrected chi connectivity index (χ3v) is 3.96. The number of amides is 1. The molecule has 1 aliphatic rings. The first kappa shape index (κ1) is 14.0. The smallest absolute Gasteiger partial charge is 0.240 e. The first-order valence-electron chi connectivity index (χ1n) is 6.37. The van der Waals surface area contributed by atoms with Gasteiger partial charge < -0.3 is 10.4 Å². The molecule has 2 N–H and O–H groups in total. The van der Waals surface area contributed by atoms with Crippen LogP contribution >= 0.6 is 0 Å². The van der Waals surface area contributed by atoms with Gasteiger partial charge in [0.15, 0.2) is 0 Å². The summed E-state index contributed by atoms with van der Waals surface area (Å²) in [5.74, 6) is -0.157. The topological polar surface area (TPSA) is 73.1 Å². The molecule has 1 atom stereocenters. The van der Waals surface area contributed by atoms with Gasteiger partial charge in [0.05, 0.1) is 6.07 Å². The molecular weight excluding hydrogens is 216 g/mol. The maximum atomic E-state index is 12.2. The molecule has 4 heteroatoms. The number of nitrogens with one attached hydrogen (secondary N) is 1. The van der Waals surface area contributed by atoms with Crippen molar-refractivity contribution < 1.29 is 9.90 Å². The number of nitriles is 1. The van der Waals surface area contributed by atoms with Crippen molar-refractivity contribution in [3.05, 3.63) is 0 Å². The van der Waals surface area contributed by atoms with Gasteiger partial charge in [0.25, 0.3) is 0 Å². The van der Waals surface area contributed by atoms with Gasteiger partial charge in [-0.25, -0.2) is 0 Å². The van der Waals surface area contributed by atoms with Crippen LogP contribution in [0.4, 0.5) is 0 Å². The zero-order chi connectivity index (χ0) is 12.9. The minimum Gasteiger partial charge on any atom is -0.396 e. The van der Waals surface area contributed by atoms with Crippen molar-refractivity contribution in [1.29, 1.82) is 5.26 Å². The second-order valence-corrected chi connectivity index (χ2v) is 5.24. The normalized spacial score (nSPS) is 21.5. The summed E-state index contributed by atoms with van der Waals surface area (Å²) >= 11 is 0. The van der Waals surface area contributed by atoms with Gasteiger partial charge in [-0.3, -0.25) is 4.79 Å². The molecule has 96 valence electrons. The fourth-order valence-electron chi connectivity index (χ4n) is 2.34. The predicted octanol–water partition coefficient (Wildman–Crippen LogP) is 1.74. The molecule has 0 aromatic rings. The van der Waals surface area contributed by atoms with Gasteiger partial charge in [-0.2, -0.15) is 5.26 Å². The van der Waals surface area contributed by atoms with Crippen LogP contribution in [-0.4, -0.2) is 23.2 Å². The molecule has 1 fully saturated rings. The van der Waals surface area contributed by atoms with E-state index in [0.29, 0.717) is 19.3 Å². The van der Waals surface area contributed by atoms with E-state index in [1.807, 2.05) is 13.8 Å². The Bertz CT molecular complexity index is 316. The van der Waals surface area contributed by atoms with E-state index < -0.39 is 11.0 Å². The van der Waals surface area contributed by atoms with Crippen molar-refractivity contribution in [1.82, 2.24) is 5.32 Å². The van der Waals surface area contributed by atoms with E-state index in [4.69, 9.17) is 5.11 Å². The second kappa shape index (κ2) is 5.50. The van der Waals surface area contributed by atoms with Crippen LogP contribution < -0.4 is 5.32 Å². The van der Waals surface area contributed by atoms with E-state index in [2.05, 4.69) is 11.4 Å². The highest BCUT2D eigenvalue weighted by molar-refractivity contribution is 5.86. The van der Waals surface area contributed by atoms with E-state index in [0.717, 1.165) is 19.3 Å². The zero-order valence-electron chi connectivity index (χ0n) is 10.8. The molecule has 0 aromatic carbocycles. The maximum absolute atomic E-state index is 12.2. The van der Waals surface area contributed by atoms with Crippen molar-refractivity contribution in [3.63, 3.8) is 0 Å². The molecule has 0 bridgehead atoms. The second-order valence-electron chi connectivity index (χ2n) is 5.24. The highest BCUT2D eigenvalue weighted by atomic mass is 16.3. The molecule has 4 nitrogen and oxygen atoms in total. The Labute approximate surface area is 103 Å². The summed E-state index contributed by atoms with van der Waals surface area (Å²) in [7, 11) is 0. The number of aliphatic hydroxyl groups is 1. The lowest BCUT2D eigenvalue weighted by Gasteiger charge is -2.32. The highest BCUT2D eigenvalue weighted by Gasteiger charge is 2.43. The zero-order valence-corrected chi connectivity index (χ0v) is 10.8. The molecule has 0 aromatic heterocycles. The molecule has 1 aliphatic carbocycles. The van der Waals surface area contributed by atoms with Crippen LogP contribution in [0.1, 0.15) is 52.4 Å². The molecule has 0 spiro atoms. The average molecular weight is 238 g/mol. The summed E-state index contributed by atoms with van der Waals surface area (Å²) in [6.45, 7) is 3.94. The number of hydrogen-bond donors (Lipinski definition) is 2. The standard InChI is InChI=1S/C13H22N2O2/c1-3-12(2,8-9-16)15-11(17)13(10-14)6-4-5-7-13/h16H,3-9H2,1-2H3,(H,15,17). The Balaban J connectivity index is 2.73. The third-order valence-electron chi connectivity index (χ3n) is 3.96. The number of carbonyl (C=O) groups excluding carboxylic acids is 1. The SMILES string of the molecule is CCC(C)(CCO)NC(=O)C1(C#N)CCCC1. The molecule has 17 heavy (non-hydrogen) atoms. The summed E-state index contributed by atoms with van der Waals surface area (Å²) in [6, 6.07) is 2.19. The number of rotatable bonds is 5. The van der Waals surface area contributed by atoms with Crippen LogP contribution in [0.3, 0.4) is 0 Å². The van der Waals surface area contributed by atoms with Crippen molar-refractivity contribution >= 4 is 5.91 Å². The van der Waals surface area contributed by atoms with Crippen molar-refractivity contribution in [2.24, 2.45) is 5.41 Å². The van der Waals surface area contributed by atoms with E-state index >= 15 is 0 Å². The van der Waals surface area contributed by atoms with E-state index in [-0.39, 0.29) is 12.5 Å². The van der Waals surface area contributed by atoms with E-state index in [1.54, 1.807) is 0 Å². The van der Waals surface area contributed by atoms with Crippen LogP contribution in [0, 0.1) is 16.7 Å². The third kappa shape index (κ3) is 2.98. The van der Waals surface area contributed by atoms with E-state index in [1.165, 1.54) is 0 Å². The Morgan fingerprint density at radius 2 is 2.12 bits per heavy atom. The maximum Gasteiger partial charge on any atom is 0.240 e. The first-order chi connectivity index (χ1) is 8.02. The van der Waals surface area contributed by atoms with Crippen molar-refractivity contribution in [2.75, 3.05) is 6.61 Å². The fraction of sp³-hybridized carbons (Fsp3) is 0.846. The predicted molar refractivity (Wildman–Crippen MR) is 65.1 cm³/mol. The summed E-state index contributed by atoms with van der Waals surface area (Å²) < 4.78 is 0. The molecule has 0 heterocycles. The van der Waals surface area contributed by atoms with Crippen LogP contribution in [0.25, 0.3) is 0 Å². The Kier molecular flexibility index (Phi) is 4.53. The summed E-state index contributed by atoms with van der Waals surface area (Å²) in [5, 5.41) is 21.2. The molecular formula is C13H22N2O2. The molecule has 0 aliphatic heterocycles. The van der Waals surface area contributed by atoms with Gasteiger partial charge in [-0.1, -0.05) is 19.8 Å². The molecule has 1 rings (SSSR count). The largest absolute Gasteiger partial charge is 0.396 e.